The molecule has 0 spiro atoms. The number of ether oxygens (including phenoxy) is 1. The van der Waals surface area contributed by atoms with Crippen molar-refractivity contribution in [1.82, 2.24) is 30.0 Å². The zero-order chi connectivity index (χ0) is 22.8. The molecule has 3 heterocycles. The minimum absolute atomic E-state index is 0.112. The molecule has 2 aromatic heterocycles. The van der Waals surface area contributed by atoms with Crippen molar-refractivity contribution >= 4 is 5.91 Å². The molecule has 9 nitrogen and oxygen atoms in total. The first-order chi connectivity index (χ1) is 16.2. The van der Waals surface area contributed by atoms with E-state index in [4.69, 9.17) is 9.26 Å². The van der Waals surface area contributed by atoms with Gasteiger partial charge in [-0.3, -0.25) is 4.79 Å². The van der Waals surface area contributed by atoms with E-state index in [-0.39, 0.29) is 11.9 Å². The average Bonchev–Trinajstić information content (AvgIpc) is 3.61. The lowest BCUT2D eigenvalue weighted by atomic mass is 10.1. The van der Waals surface area contributed by atoms with E-state index in [1.807, 2.05) is 56.3 Å². The lowest BCUT2D eigenvalue weighted by Gasteiger charge is -2.23. The fourth-order valence-corrected chi connectivity index (χ4v) is 4.16. The first-order valence-electron chi connectivity index (χ1n) is 11.0. The van der Waals surface area contributed by atoms with Crippen LogP contribution in [0.4, 0.5) is 0 Å². The molecule has 5 rings (SSSR count). The number of hydrogen-bond acceptors (Lipinski definition) is 7. The van der Waals surface area contributed by atoms with E-state index in [0.29, 0.717) is 41.9 Å². The highest BCUT2D eigenvalue weighted by Gasteiger charge is 2.36. The molecule has 33 heavy (non-hydrogen) atoms. The second-order valence-corrected chi connectivity index (χ2v) is 7.88. The third-order valence-corrected chi connectivity index (χ3v) is 5.69. The second kappa shape index (κ2) is 8.85. The van der Waals surface area contributed by atoms with Crippen molar-refractivity contribution < 1.29 is 14.1 Å². The summed E-state index contributed by atoms with van der Waals surface area (Å²) in [6.07, 6.45) is 4.79. The SMILES string of the molecule is CCOc1ccccc1-c1noc(C2CCCN2C(=O)c2ccc(C)cc2-n2nccn2)n1. The third kappa shape index (κ3) is 3.97. The Bertz CT molecular complexity index is 1270. The van der Waals surface area contributed by atoms with E-state index >= 15 is 0 Å². The minimum atomic E-state index is -0.294. The number of carbonyl (C=O) groups is 1. The largest absolute Gasteiger partial charge is 0.493 e. The number of benzene rings is 2. The standard InChI is InChI=1S/C24H24N6O3/c1-3-32-21-9-5-4-7-18(21)22-27-23(33-28-22)19-8-6-14-29(19)24(31)17-11-10-16(2)15-20(17)30-25-12-13-26-30/h4-5,7,9-13,15,19H,3,6,8,14H2,1-2H3. The topological polar surface area (TPSA) is 99.2 Å². The fourth-order valence-electron chi connectivity index (χ4n) is 4.16. The summed E-state index contributed by atoms with van der Waals surface area (Å²) in [5, 5.41) is 12.6. The predicted molar refractivity (Wildman–Crippen MR) is 120 cm³/mol. The maximum Gasteiger partial charge on any atom is 0.256 e. The van der Waals surface area contributed by atoms with Crippen molar-refractivity contribution in [1.29, 1.82) is 0 Å². The lowest BCUT2D eigenvalue weighted by molar-refractivity contribution is 0.0709. The normalized spacial score (nSPS) is 15.7. The van der Waals surface area contributed by atoms with E-state index in [2.05, 4.69) is 20.3 Å². The number of amides is 1. The van der Waals surface area contributed by atoms with Gasteiger partial charge in [0, 0.05) is 6.54 Å². The first-order valence-corrected chi connectivity index (χ1v) is 11.0. The molecule has 0 bridgehead atoms. The summed E-state index contributed by atoms with van der Waals surface area (Å²) in [7, 11) is 0. The minimum Gasteiger partial charge on any atom is -0.493 e. The highest BCUT2D eigenvalue weighted by Crippen LogP contribution is 2.35. The van der Waals surface area contributed by atoms with Gasteiger partial charge in [-0.25, -0.2) is 0 Å². The van der Waals surface area contributed by atoms with Crippen LogP contribution in [0.15, 0.2) is 59.4 Å². The van der Waals surface area contributed by atoms with Gasteiger partial charge >= 0.3 is 0 Å². The fraction of sp³-hybridized carbons (Fsp3) is 0.292. The van der Waals surface area contributed by atoms with Crippen molar-refractivity contribution in [3.63, 3.8) is 0 Å². The number of para-hydroxylation sites is 1. The summed E-state index contributed by atoms with van der Waals surface area (Å²) in [6.45, 7) is 5.05. The molecular formula is C24H24N6O3. The number of rotatable bonds is 6. The smallest absolute Gasteiger partial charge is 0.256 e. The van der Waals surface area contributed by atoms with Gasteiger partial charge in [-0.2, -0.15) is 20.0 Å². The third-order valence-electron chi connectivity index (χ3n) is 5.69. The molecule has 1 amide bonds. The molecule has 1 saturated heterocycles. The van der Waals surface area contributed by atoms with Crippen LogP contribution in [0.5, 0.6) is 5.75 Å². The molecular weight excluding hydrogens is 420 g/mol. The highest BCUT2D eigenvalue weighted by atomic mass is 16.5. The zero-order valence-corrected chi connectivity index (χ0v) is 18.5. The Labute approximate surface area is 191 Å². The number of aromatic nitrogens is 5. The summed E-state index contributed by atoms with van der Waals surface area (Å²) < 4.78 is 11.3. The van der Waals surface area contributed by atoms with Crippen LogP contribution in [-0.4, -0.2) is 49.1 Å². The summed E-state index contributed by atoms with van der Waals surface area (Å²) in [6, 6.07) is 12.9. The molecule has 1 aliphatic rings. The molecule has 0 N–H and O–H groups in total. The van der Waals surface area contributed by atoms with Gasteiger partial charge in [0.1, 0.15) is 11.8 Å². The predicted octanol–water partition coefficient (Wildman–Crippen LogP) is 4.00. The van der Waals surface area contributed by atoms with E-state index in [1.54, 1.807) is 17.3 Å². The number of aryl methyl sites for hydroxylation is 1. The van der Waals surface area contributed by atoms with E-state index < -0.39 is 0 Å². The maximum absolute atomic E-state index is 13.6. The average molecular weight is 444 g/mol. The van der Waals surface area contributed by atoms with Gasteiger partial charge in [0.15, 0.2) is 0 Å². The van der Waals surface area contributed by atoms with Gasteiger partial charge in [0.25, 0.3) is 5.91 Å². The van der Waals surface area contributed by atoms with Crippen LogP contribution in [0, 0.1) is 6.92 Å². The Morgan fingerprint density at radius 2 is 2.00 bits per heavy atom. The van der Waals surface area contributed by atoms with Crippen molar-refractivity contribution in [3.8, 4) is 22.8 Å². The summed E-state index contributed by atoms with van der Waals surface area (Å²) in [5.74, 6) is 1.46. The Kier molecular flexibility index (Phi) is 5.60. The van der Waals surface area contributed by atoms with Crippen molar-refractivity contribution in [2.45, 2.75) is 32.7 Å². The van der Waals surface area contributed by atoms with Crippen LogP contribution in [0.2, 0.25) is 0 Å². The molecule has 4 aromatic rings. The van der Waals surface area contributed by atoms with Gasteiger partial charge in [-0.05, 0) is 56.5 Å². The van der Waals surface area contributed by atoms with E-state index in [1.165, 1.54) is 4.80 Å². The van der Waals surface area contributed by atoms with Gasteiger partial charge in [-0.15, -0.1) is 0 Å². The Hall–Kier alpha value is -4.01. The van der Waals surface area contributed by atoms with Crippen molar-refractivity contribution in [3.05, 3.63) is 71.9 Å². The Balaban J connectivity index is 1.45. The number of likely N-dealkylation sites (tertiary alicyclic amines) is 1. The Morgan fingerprint density at radius 3 is 2.82 bits per heavy atom. The molecule has 168 valence electrons. The van der Waals surface area contributed by atoms with E-state index in [9.17, 15) is 4.79 Å². The molecule has 1 atom stereocenters. The second-order valence-electron chi connectivity index (χ2n) is 7.88. The summed E-state index contributed by atoms with van der Waals surface area (Å²) >= 11 is 0. The summed E-state index contributed by atoms with van der Waals surface area (Å²) in [4.78, 5) is 21.5. The zero-order valence-electron chi connectivity index (χ0n) is 18.5. The quantitative estimate of drug-likeness (QED) is 0.443. The highest BCUT2D eigenvalue weighted by molar-refractivity contribution is 5.98. The van der Waals surface area contributed by atoms with Crippen molar-refractivity contribution in [2.75, 3.05) is 13.2 Å². The molecule has 2 aromatic carbocycles. The van der Waals surface area contributed by atoms with Crippen LogP contribution in [0.3, 0.4) is 0 Å². The number of hydrogen-bond donors (Lipinski definition) is 0. The lowest BCUT2D eigenvalue weighted by Crippen LogP contribution is -2.31. The molecule has 1 unspecified atom stereocenters. The van der Waals surface area contributed by atoms with Crippen LogP contribution >= 0.6 is 0 Å². The molecule has 0 aliphatic carbocycles. The molecule has 9 heteroatoms. The maximum atomic E-state index is 13.6. The molecule has 0 radical (unpaired) electrons. The van der Waals surface area contributed by atoms with Crippen LogP contribution < -0.4 is 4.74 Å². The summed E-state index contributed by atoms with van der Waals surface area (Å²) in [5.41, 5.74) is 2.96. The first kappa shape index (κ1) is 20.9. The molecule has 1 fully saturated rings. The molecule has 0 saturated carbocycles. The molecule has 1 aliphatic heterocycles. The van der Waals surface area contributed by atoms with Gasteiger partial charge in [0.2, 0.25) is 11.7 Å². The van der Waals surface area contributed by atoms with Gasteiger partial charge in [0.05, 0.1) is 35.8 Å². The van der Waals surface area contributed by atoms with E-state index in [0.717, 1.165) is 24.0 Å². The number of carbonyl (C=O) groups excluding carboxylic acids is 1. The Morgan fingerprint density at radius 1 is 1.18 bits per heavy atom. The monoisotopic (exact) mass is 444 g/mol. The van der Waals surface area contributed by atoms with Gasteiger partial charge in [-0.1, -0.05) is 23.4 Å². The van der Waals surface area contributed by atoms with Crippen LogP contribution in [-0.2, 0) is 0 Å². The van der Waals surface area contributed by atoms with Crippen molar-refractivity contribution in [2.24, 2.45) is 0 Å². The number of nitrogens with zero attached hydrogens (tertiary/aromatic N) is 6. The van der Waals surface area contributed by atoms with Gasteiger partial charge < -0.3 is 14.2 Å². The van der Waals surface area contributed by atoms with Crippen LogP contribution in [0.1, 0.15) is 47.6 Å². The van der Waals surface area contributed by atoms with Crippen LogP contribution in [0.25, 0.3) is 17.1 Å².